The second kappa shape index (κ2) is 8.40. The predicted octanol–water partition coefficient (Wildman–Crippen LogP) is 2.79. The van der Waals surface area contributed by atoms with E-state index in [-0.39, 0.29) is 29.6 Å². The van der Waals surface area contributed by atoms with Gasteiger partial charge in [-0.2, -0.15) is 0 Å². The maximum absolute atomic E-state index is 12.2. The second-order valence-corrected chi connectivity index (χ2v) is 6.57. The van der Waals surface area contributed by atoms with E-state index in [4.69, 9.17) is 0 Å². The number of amides is 1. The van der Waals surface area contributed by atoms with Crippen LogP contribution in [0.5, 0.6) is 0 Å². The molecule has 0 unspecified atom stereocenters. The van der Waals surface area contributed by atoms with Crippen molar-refractivity contribution in [3.8, 4) is 0 Å². The van der Waals surface area contributed by atoms with Crippen molar-refractivity contribution in [1.29, 1.82) is 0 Å². The van der Waals surface area contributed by atoms with Crippen LogP contribution in [-0.2, 0) is 11.2 Å². The predicted molar refractivity (Wildman–Crippen MR) is 89.8 cm³/mol. The molecule has 118 valence electrons. The van der Waals surface area contributed by atoms with Gasteiger partial charge in [0.25, 0.3) is 0 Å². The smallest absolute Gasteiger partial charge is 0.223 e. The molecule has 1 aromatic carbocycles. The van der Waals surface area contributed by atoms with Crippen molar-refractivity contribution in [2.45, 2.75) is 33.1 Å². The lowest BCUT2D eigenvalue weighted by molar-refractivity contribution is -0.126. The monoisotopic (exact) mass is 310 g/mol. The van der Waals surface area contributed by atoms with E-state index >= 15 is 0 Å². The molecule has 0 atom stereocenters. The zero-order valence-corrected chi connectivity index (χ0v) is 13.8. The molecule has 3 nitrogen and oxygen atoms in total. The van der Waals surface area contributed by atoms with E-state index in [0.29, 0.717) is 0 Å². The Balaban J connectivity index is 0.00000220. The van der Waals surface area contributed by atoms with Crippen LogP contribution in [0.3, 0.4) is 0 Å². The summed E-state index contributed by atoms with van der Waals surface area (Å²) in [7, 11) is 0. The summed E-state index contributed by atoms with van der Waals surface area (Å²) in [5.74, 6) is 0.427. The van der Waals surface area contributed by atoms with Crippen LogP contribution in [0.4, 0.5) is 0 Å². The minimum atomic E-state index is 0. The van der Waals surface area contributed by atoms with Crippen LogP contribution < -0.4 is 10.6 Å². The number of carbonyl (C=O) groups excluding carboxylic acids is 1. The molecule has 0 aromatic heterocycles. The fraction of sp³-hybridized carbons (Fsp3) is 0.588. The van der Waals surface area contributed by atoms with E-state index in [2.05, 4.69) is 48.7 Å². The normalized spacial score (nSPS) is 16.1. The molecule has 1 aliphatic heterocycles. The summed E-state index contributed by atoms with van der Waals surface area (Å²) in [6.45, 7) is 7.09. The maximum Gasteiger partial charge on any atom is 0.223 e. The number of nitrogens with one attached hydrogen (secondary N) is 2. The van der Waals surface area contributed by atoms with Crippen LogP contribution in [0.2, 0.25) is 0 Å². The van der Waals surface area contributed by atoms with Crippen molar-refractivity contribution in [2.75, 3.05) is 19.6 Å². The van der Waals surface area contributed by atoms with E-state index in [0.717, 1.165) is 38.9 Å². The second-order valence-electron chi connectivity index (χ2n) is 6.57. The van der Waals surface area contributed by atoms with Crippen molar-refractivity contribution in [3.05, 3.63) is 35.9 Å². The van der Waals surface area contributed by atoms with Gasteiger partial charge in [0, 0.05) is 12.5 Å². The number of benzene rings is 1. The molecule has 1 saturated heterocycles. The molecule has 0 bridgehead atoms. The fourth-order valence-corrected chi connectivity index (χ4v) is 2.77. The van der Waals surface area contributed by atoms with Gasteiger partial charge >= 0.3 is 0 Å². The van der Waals surface area contributed by atoms with Gasteiger partial charge in [0.15, 0.2) is 0 Å². The Morgan fingerprint density at radius 2 is 1.86 bits per heavy atom. The highest BCUT2D eigenvalue weighted by atomic mass is 35.5. The minimum absolute atomic E-state index is 0. The van der Waals surface area contributed by atoms with Gasteiger partial charge in [-0.3, -0.25) is 4.79 Å². The quantitative estimate of drug-likeness (QED) is 0.878. The molecule has 1 fully saturated rings. The lowest BCUT2D eigenvalue weighted by Crippen LogP contribution is -2.42. The highest BCUT2D eigenvalue weighted by Crippen LogP contribution is 2.21. The van der Waals surface area contributed by atoms with Crippen LogP contribution in [0.15, 0.2) is 30.3 Å². The zero-order valence-electron chi connectivity index (χ0n) is 13.0. The Kier molecular flexibility index (Phi) is 7.20. The Hall–Kier alpha value is -1.06. The van der Waals surface area contributed by atoms with Crippen molar-refractivity contribution in [1.82, 2.24) is 10.6 Å². The molecular weight excluding hydrogens is 284 g/mol. The fourth-order valence-electron chi connectivity index (χ4n) is 2.77. The molecule has 21 heavy (non-hydrogen) atoms. The number of piperidine rings is 1. The SMILES string of the molecule is CC(C)(CNC(=O)C1CCNCC1)Cc1ccccc1.Cl. The summed E-state index contributed by atoms with van der Waals surface area (Å²) in [4.78, 5) is 12.2. The van der Waals surface area contributed by atoms with Gasteiger partial charge in [-0.25, -0.2) is 0 Å². The average molecular weight is 311 g/mol. The first kappa shape index (κ1) is 18.0. The number of hydrogen-bond donors (Lipinski definition) is 2. The summed E-state index contributed by atoms with van der Waals surface area (Å²) < 4.78 is 0. The van der Waals surface area contributed by atoms with Gasteiger partial charge in [-0.05, 0) is 43.3 Å². The summed E-state index contributed by atoms with van der Waals surface area (Å²) in [5.41, 5.74) is 1.41. The molecule has 0 saturated carbocycles. The molecule has 1 amide bonds. The van der Waals surface area contributed by atoms with Crippen molar-refractivity contribution < 1.29 is 4.79 Å². The minimum Gasteiger partial charge on any atom is -0.355 e. The molecule has 2 N–H and O–H groups in total. The van der Waals surface area contributed by atoms with Gasteiger partial charge in [-0.15, -0.1) is 12.4 Å². The highest BCUT2D eigenvalue weighted by molar-refractivity contribution is 5.85. The third kappa shape index (κ3) is 6.06. The summed E-state index contributed by atoms with van der Waals surface area (Å²) in [6.07, 6.45) is 2.91. The van der Waals surface area contributed by atoms with Gasteiger partial charge < -0.3 is 10.6 Å². The van der Waals surface area contributed by atoms with Crippen molar-refractivity contribution in [2.24, 2.45) is 11.3 Å². The van der Waals surface area contributed by atoms with Crippen LogP contribution in [0.1, 0.15) is 32.3 Å². The zero-order chi connectivity index (χ0) is 14.4. The summed E-state index contributed by atoms with van der Waals surface area (Å²) in [6, 6.07) is 10.5. The lowest BCUT2D eigenvalue weighted by Gasteiger charge is -2.28. The molecule has 1 aliphatic rings. The van der Waals surface area contributed by atoms with Gasteiger partial charge in [-0.1, -0.05) is 44.2 Å². The maximum atomic E-state index is 12.2. The molecule has 2 rings (SSSR count). The Bertz CT molecular complexity index is 428. The van der Waals surface area contributed by atoms with E-state index in [1.807, 2.05) is 6.07 Å². The molecule has 1 aromatic rings. The Morgan fingerprint density at radius 3 is 2.48 bits per heavy atom. The van der Waals surface area contributed by atoms with Crippen LogP contribution in [0.25, 0.3) is 0 Å². The molecule has 4 heteroatoms. The Morgan fingerprint density at radius 1 is 1.24 bits per heavy atom. The third-order valence-corrected chi connectivity index (χ3v) is 3.98. The first-order valence-corrected chi connectivity index (χ1v) is 7.59. The van der Waals surface area contributed by atoms with E-state index in [1.165, 1.54) is 5.56 Å². The summed E-state index contributed by atoms with van der Waals surface area (Å²) in [5, 5.41) is 6.44. The first-order chi connectivity index (χ1) is 9.57. The van der Waals surface area contributed by atoms with Crippen molar-refractivity contribution >= 4 is 18.3 Å². The van der Waals surface area contributed by atoms with E-state index in [1.54, 1.807) is 0 Å². The number of rotatable bonds is 5. The van der Waals surface area contributed by atoms with Crippen LogP contribution >= 0.6 is 12.4 Å². The average Bonchev–Trinajstić information content (AvgIpc) is 2.46. The number of carbonyl (C=O) groups is 1. The number of hydrogen-bond acceptors (Lipinski definition) is 2. The lowest BCUT2D eigenvalue weighted by atomic mass is 9.85. The summed E-state index contributed by atoms with van der Waals surface area (Å²) >= 11 is 0. The molecule has 0 aliphatic carbocycles. The molecule has 1 heterocycles. The van der Waals surface area contributed by atoms with Gasteiger partial charge in [0.2, 0.25) is 5.91 Å². The van der Waals surface area contributed by atoms with E-state index in [9.17, 15) is 4.79 Å². The topological polar surface area (TPSA) is 41.1 Å². The van der Waals surface area contributed by atoms with Crippen LogP contribution in [-0.4, -0.2) is 25.5 Å². The largest absolute Gasteiger partial charge is 0.355 e. The first-order valence-electron chi connectivity index (χ1n) is 7.59. The van der Waals surface area contributed by atoms with Crippen LogP contribution in [0, 0.1) is 11.3 Å². The molecular formula is C17H27ClN2O. The number of halogens is 1. The Labute approximate surface area is 134 Å². The standard InChI is InChI=1S/C17H26N2O.ClH/c1-17(2,12-14-6-4-3-5-7-14)13-19-16(20)15-8-10-18-11-9-15;/h3-7,15,18H,8-13H2,1-2H3,(H,19,20);1H. The third-order valence-electron chi connectivity index (χ3n) is 3.98. The van der Waals surface area contributed by atoms with Crippen molar-refractivity contribution in [3.63, 3.8) is 0 Å². The molecule has 0 radical (unpaired) electrons. The highest BCUT2D eigenvalue weighted by Gasteiger charge is 2.24. The van der Waals surface area contributed by atoms with Gasteiger partial charge in [0.05, 0.1) is 0 Å². The molecule has 0 spiro atoms. The van der Waals surface area contributed by atoms with E-state index < -0.39 is 0 Å². The van der Waals surface area contributed by atoms with Gasteiger partial charge in [0.1, 0.15) is 0 Å².